The molecule has 4 aromatic carbocycles. The van der Waals surface area contributed by atoms with E-state index in [4.69, 9.17) is 11.6 Å². The molecule has 0 fully saturated rings. The Labute approximate surface area is 158 Å². The van der Waals surface area contributed by atoms with Crippen molar-refractivity contribution in [1.82, 2.24) is 0 Å². The lowest BCUT2D eigenvalue weighted by Crippen LogP contribution is -2.28. The molecule has 3 aliphatic carbocycles. The lowest BCUT2D eigenvalue weighted by atomic mass is 9.60. The Hall–Kier alpha value is -2.57. The highest BCUT2D eigenvalue weighted by Gasteiger charge is 2.42. The van der Waals surface area contributed by atoms with Crippen LogP contribution < -0.4 is 0 Å². The zero-order valence-electron chi connectivity index (χ0n) is 14.2. The average molecular weight is 353 g/mol. The van der Waals surface area contributed by atoms with Gasteiger partial charge >= 0.3 is 0 Å². The lowest BCUT2D eigenvalue weighted by molar-refractivity contribution is 0.749. The summed E-state index contributed by atoms with van der Waals surface area (Å²) >= 11 is 6.35. The van der Waals surface area contributed by atoms with Crippen molar-refractivity contribution < 1.29 is 0 Å². The summed E-state index contributed by atoms with van der Waals surface area (Å²) in [6.07, 6.45) is 0. The van der Waals surface area contributed by atoms with Crippen LogP contribution in [0.2, 0.25) is 0 Å². The van der Waals surface area contributed by atoms with Gasteiger partial charge in [0.15, 0.2) is 0 Å². The second-order valence-electron chi connectivity index (χ2n) is 7.38. The van der Waals surface area contributed by atoms with Gasteiger partial charge in [0.05, 0.1) is 0 Å². The van der Waals surface area contributed by atoms with Gasteiger partial charge in [-0.1, -0.05) is 66.7 Å². The zero-order valence-corrected chi connectivity index (χ0v) is 15.0. The second kappa shape index (κ2) is 5.22. The Morgan fingerprint density at radius 3 is 1.85 bits per heavy atom. The maximum atomic E-state index is 6.35. The number of hydrogen-bond acceptors (Lipinski definition) is 0. The summed E-state index contributed by atoms with van der Waals surface area (Å²) in [5, 5.41) is 2.65. The van der Waals surface area contributed by atoms with Gasteiger partial charge in [0.2, 0.25) is 0 Å². The molecule has 0 spiro atoms. The monoisotopic (exact) mass is 352 g/mol. The molecule has 4 aromatic rings. The van der Waals surface area contributed by atoms with Crippen molar-refractivity contribution in [2.45, 2.75) is 17.7 Å². The Balaban J connectivity index is 1.76. The molecule has 2 unspecified atom stereocenters. The van der Waals surface area contributed by atoms with Crippen molar-refractivity contribution in [3.8, 4) is 0 Å². The van der Waals surface area contributed by atoms with E-state index in [2.05, 4.69) is 78.9 Å². The van der Waals surface area contributed by atoms with E-state index in [0.717, 1.165) is 0 Å². The molecule has 7 rings (SSSR count). The van der Waals surface area contributed by atoms with Gasteiger partial charge in [0.25, 0.3) is 0 Å². The fraction of sp³-hybridized carbons (Fsp3) is 0.120. The smallest absolute Gasteiger partial charge is 0.0477 e. The van der Waals surface area contributed by atoms with E-state index in [-0.39, 0.29) is 0 Å². The SMILES string of the molecule is ClCc1cccc2c1C1c3ccccc3C2c2cc3ccccc3cc21. The summed E-state index contributed by atoms with van der Waals surface area (Å²) in [6, 6.07) is 29.1. The molecule has 0 heterocycles. The third-order valence-electron chi connectivity index (χ3n) is 6.17. The fourth-order valence-electron chi connectivity index (χ4n) is 5.15. The van der Waals surface area contributed by atoms with Crippen molar-refractivity contribution in [3.63, 3.8) is 0 Å². The highest BCUT2D eigenvalue weighted by molar-refractivity contribution is 6.17. The maximum Gasteiger partial charge on any atom is 0.0477 e. The Bertz CT molecular complexity index is 1190. The maximum absolute atomic E-state index is 6.35. The molecule has 0 N–H and O–H groups in total. The standard InChI is InChI=1S/C25H17Cl/c26-14-17-8-5-11-20-23(17)25-19-10-4-3-9-18(19)24(20)21-12-15-6-1-2-7-16(15)13-22(21)25/h1-13,24-25H,14H2. The fourth-order valence-corrected chi connectivity index (χ4v) is 5.38. The Kier molecular flexibility index (Phi) is 2.93. The molecule has 3 aliphatic rings. The minimum absolute atomic E-state index is 0.292. The lowest BCUT2D eigenvalue weighted by Gasteiger charge is -2.43. The van der Waals surface area contributed by atoms with Crippen LogP contribution in [0.15, 0.2) is 78.9 Å². The molecule has 0 radical (unpaired) electrons. The van der Waals surface area contributed by atoms with E-state index >= 15 is 0 Å². The summed E-state index contributed by atoms with van der Waals surface area (Å²) < 4.78 is 0. The minimum Gasteiger partial charge on any atom is -0.122 e. The molecular weight excluding hydrogens is 336 g/mol. The largest absolute Gasteiger partial charge is 0.122 e. The van der Waals surface area contributed by atoms with Gasteiger partial charge in [0.1, 0.15) is 0 Å². The number of fused-ring (bicyclic) bond motifs is 1. The molecule has 0 amide bonds. The van der Waals surface area contributed by atoms with Crippen LogP contribution in [-0.2, 0) is 5.88 Å². The van der Waals surface area contributed by atoms with Crippen molar-refractivity contribution in [2.75, 3.05) is 0 Å². The summed E-state index contributed by atoms with van der Waals surface area (Å²) in [4.78, 5) is 0. The summed E-state index contributed by atoms with van der Waals surface area (Å²) in [7, 11) is 0. The number of benzene rings is 4. The number of hydrogen-bond donors (Lipinski definition) is 0. The topological polar surface area (TPSA) is 0 Å². The minimum atomic E-state index is 0.292. The van der Waals surface area contributed by atoms with E-state index in [0.29, 0.717) is 17.7 Å². The first-order valence-electron chi connectivity index (χ1n) is 9.16. The van der Waals surface area contributed by atoms with Gasteiger partial charge in [-0.2, -0.15) is 0 Å². The van der Waals surface area contributed by atoms with Crippen LogP contribution in [-0.4, -0.2) is 0 Å². The van der Waals surface area contributed by atoms with E-state index in [1.165, 1.54) is 49.7 Å². The van der Waals surface area contributed by atoms with Crippen LogP contribution in [0.1, 0.15) is 50.8 Å². The van der Waals surface area contributed by atoms with Gasteiger partial charge in [-0.25, -0.2) is 0 Å². The Morgan fingerprint density at radius 1 is 0.577 bits per heavy atom. The van der Waals surface area contributed by atoms with Crippen molar-refractivity contribution in [2.24, 2.45) is 0 Å². The van der Waals surface area contributed by atoms with E-state index < -0.39 is 0 Å². The molecule has 0 nitrogen and oxygen atoms in total. The Morgan fingerprint density at radius 2 is 1.15 bits per heavy atom. The molecular formula is C25H17Cl. The summed E-state index contributed by atoms with van der Waals surface area (Å²) in [5.74, 6) is 1.17. The van der Waals surface area contributed by atoms with Gasteiger partial charge < -0.3 is 0 Å². The van der Waals surface area contributed by atoms with E-state index in [1.54, 1.807) is 0 Å². The first-order chi connectivity index (χ1) is 12.9. The highest BCUT2D eigenvalue weighted by atomic mass is 35.5. The molecule has 2 atom stereocenters. The highest BCUT2D eigenvalue weighted by Crippen LogP contribution is 2.57. The van der Waals surface area contributed by atoms with Gasteiger partial charge in [-0.3, -0.25) is 0 Å². The first-order valence-corrected chi connectivity index (χ1v) is 9.69. The summed E-state index contributed by atoms with van der Waals surface area (Å²) in [6.45, 7) is 0. The third-order valence-corrected chi connectivity index (χ3v) is 6.45. The van der Waals surface area contributed by atoms with Gasteiger partial charge in [-0.05, 0) is 61.8 Å². The number of rotatable bonds is 1. The van der Waals surface area contributed by atoms with Crippen LogP contribution >= 0.6 is 11.6 Å². The van der Waals surface area contributed by atoms with Gasteiger partial charge in [-0.15, -0.1) is 11.6 Å². The predicted molar refractivity (Wildman–Crippen MR) is 108 cm³/mol. The molecule has 124 valence electrons. The first kappa shape index (κ1) is 14.6. The van der Waals surface area contributed by atoms with Crippen molar-refractivity contribution >= 4 is 22.4 Å². The summed E-state index contributed by atoms with van der Waals surface area (Å²) in [5.41, 5.74) is 9.98. The van der Waals surface area contributed by atoms with E-state index in [1.807, 2.05) is 0 Å². The van der Waals surface area contributed by atoms with Crippen LogP contribution in [0.25, 0.3) is 10.8 Å². The molecule has 26 heavy (non-hydrogen) atoms. The molecule has 0 saturated carbocycles. The van der Waals surface area contributed by atoms with Crippen LogP contribution in [0.4, 0.5) is 0 Å². The van der Waals surface area contributed by atoms with Crippen molar-refractivity contribution in [3.05, 3.63) is 118 Å². The predicted octanol–water partition coefficient (Wildman–Crippen LogP) is 6.57. The zero-order chi connectivity index (χ0) is 17.3. The number of alkyl halides is 1. The van der Waals surface area contributed by atoms with E-state index in [9.17, 15) is 0 Å². The molecule has 0 aliphatic heterocycles. The van der Waals surface area contributed by atoms with Crippen LogP contribution in [0.5, 0.6) is 0 Å². The van der Waals surface area contributed by atoms with Gasteiger partial charge in [0, 0.05) is 17.7 Å². The van der Waals surface area contributed by atoms with Crippen LogP contribution in [0, 0.1) is 0 Å². The molecule has 2 bridgehead atoms. The number of halogens is 1. The van der Waals surface area contributed by atoms with Crippen LogP contribution in [0.3, 0.4) is 0 Å². The molecule has 1 heteroatoms. The molecule has 0 saturated heterocycles. The molecule has 0 aromatic heterocycles. The normalized spacial score (nSPS) is 19.1. The quantitative estimate of drug-likeness (QED) is 0.294. The van der Waals surface area contributed by atoms with Crippen molar-refractivity contribution in [1.29, 1.82) is 0 Å². The average Bonchev–Trinajstić information content (AvgIpc) is 2.71. The second-order valence-corrected chi connectivity index (χ2v) is 7.64. The third kappa shape index (κ3) is 1.75.